The molecule has 4 heteroatoms. The molecule has 0 aliphatic heterocycles. The minimum Gasteiger partial charge on any atom is -0.504 e. The zero-order valence-corrected chi connectivity index (χ0v) is 11.9. The third-order valence-corrected chi connectivity index (χ3v) is 4.09. The Hall–Kier alpha value is -1.71. The second-order valence-corrected chi connectivity index (χ2v) is 5.67. The van der Waals surface area contributed by atoms with E-state index in [-0.39, 0.29) is 29.4 Å². The summed E-state index contributed by atoms with van der Waals surface area (Å²) < 4.78 is 0. The first-order chi connectivity index (χ1) is 9.58. The van der Waals surface area contributed by atoms with Crippen LogP contribution in [0.1, 0.15) is 56.9 Å². The lowest BCUT2D eigenvalue weighted by atomic mass is 9.98. The highest BCUT2D eigenvalue weighted by molar-refractivity contribution is 5.83. The molecule has 0 spiro atoms. The molecule has 1 aliphatic rings. The van der Waals surface area contributed by atoms with E-state index in [1.807, 2.05) is 6.92 Å². The first-order valence-corrected chi connectivity index (χ1v) is 7.40. The van der Waals surface area contributed by atoms with Gasteiger partial charge in [0.2, 0.25) is 5.91 Å². The molecule has 1 fully saturated rings. The van der Waals surface area contributed by atoms with Gasteiger partial charge in [0.15, 0.2) is 11.5 Å². The second kappa shape index (κ2) is 6.64. The molecule has 1 aliphatic carbocycles. The van der Waals surface area contributed by atoms with Crippen LogP contribution in [0, 0.1) is 0 Å². The Morgan fingerprint density at radius 1 is 1.15 bits per heavy atom. The minimum atomic E-state index is -0.329. The fraction of sp³-hybridized carbons (Fsp3) is 0.562. The zero-order valence-electron chi connectivity index (χ0n) is 11.9. The predicted molar refractivity (Wildman–Crippen MR) is 77.8 cm³/mol. The highest BCUT2D eigenvalue weighted by atomic mass is 16.3. The predicted octanol–water partition coefficient (Wildman–Crippen LogP) is 3.04. The molecule has 1 aromatic rings. The van der Waals surface area contributed by atoms with E-state index in [2.05, 4.69) is 5.32 Å². The Kier molecular flexibility index (Phi) is 4.88. The third-order valence-electron chi connectivity index (χ3n) is 4.09. The van der Waals surface area contributed by atoms with E-state index in [0.717, 1.165) is 12.8 Å². The number of carbonyl (C=O) groups is 1. The van der Waals surface area contributed by atoms with Crippen LogP contribution < -0.4 is 5.32 Å². The van der Waals surface area contributed by atoms with E-state index < -0.39 is 0 Å². The number of hydrogen-bond acceptors (Lipinski definition) is 3. The van der Waals surface area contributed by atoms with E-state index in [1.54, 1.807) is 6.07 Å². The standard InChI is InChI=1S/C16H23NO3/c1-11(12-8-9-14(18)15(19)10-12)16(20)17-13-6-4-2-3-5-7-13/h8-11,13,18-19H,2-7H2,1H3,(H,17,20). The van der Waals surface area contributed by atoms with Crippen molar-refractivity contribution in [1.82, 2.24) is 5.32 Å². The molecule has 1 aromatic carbocycles. The number of nitrogens with one attached hydrogen (secondary N) is 1. The number of phenols is 2. The van der Waals surface area contributed by atoms with Gasteiger partial charge in [-0.2, -0.15) is 0 Å². The smallest absolute Gasteiger partial charge is 0.227 e. The van der Waals surface area contributed by atoms with Crippen molar-refractivity contribution in [3.05, 3.63) is 23.8 Å². The van der Waals surface area contributed by atoms with Gasteiger partial charge in [0.1, 0.15) is 0 Å². The second-order valence-electron chi connectivity index (χ2n) is 5.67. The molecule has 20 heavy (non-hydrogen) atoms. The van der Waals surface area contributed by atoms with Gasteiger partial charge in [-0.3, -0.25) is 4.79 Å². The molecule has 3 N–H and O–H groups in total. The topological polar surface area (TPSA) is 69.6 Å². The molecule has 0 bridgehead atoms. The van der Waals surface area contributed by atoms with Crippen molar-refractivity contribution in [2.24, 2.45) is 0 Å². The van der Waals surface area contributed by atoms with Crippen LogP contribution in [0.4, 0.5) is 0 Å². The summed E-state index contributed by atoms with van der Waals surface area (Å²) in [5.74, 6) is -0.687. The Bertz CT molecular complexity index is 465. The number of benzene rings is 1. The van der Waals surface area contributed by atoms with Crippen LogP contribution in [-0.2, 0) is 4.79 Å². The highest BCUT2D eigenvalue weighted by Gasteiger charge is 2.20. The van der Waals surface area contributed by atoms with Crippen LogP contribution in [-0.4, -0.2) is 22.2 Å². The minimum absolute atomic E-state index is 0.0120. The maximum atomic E-state index is 12.3. The van der Waals surface area contributed by atoms with E-state index in [0.29, 0.717) is 5.56 Å². The molecule has 2 rings (SSSR count). The molecule has 1 amide bonds. The van der Waals surface area contributed by atoms with E-state index in [9.17, 15) is 15.0 Å². The molecule has 1 saturated carbocycles. The lowest BCUT2D eigenvalue weighted by Crippen LogP contribution is -2.37. The average molecular weight is 277 g/mol. The number of carbonyl (C=O) groups excluding carboxylic acids is 1. The first-order valence-electron chi connectivity index (χ1n) is 7.40. The molecule has 0 saturated heterocycles. The van der Waals surface area contributed by atoms with Crippen molar-refractivity contribution in [2.75, 3.05) is 0 Å². The van der Waals surface area contributed by atoms with Crippen LogP contribution in [0.25, 0.3) is 0 Å². The molecule has 1 unspecified atom stereocenters. The number of rotatable bonds is 3. The Morgan fingerprint density at radius 2 is 1.80 bits per heavy atom. The van der Waals surface area contributed by atoms with Gasteiger partial charge in [-0.25, -0.2) is 0 Å². The van der Waals surface area contributed by atoms with Crippen LogP contribution >= 0.6 is 0 Å². The summed E-state index contributed by atoms with van der Waals surface area (Å²) in [6.07, 6.45) is 6.98. The first kappa shape index (κ1) is 14.7. The van der Waals surface area contributed by atoms with Gasteiger partial charge in [-0.15, -0.1) is 0 Å². The zero-order chi connectivity index (χ0) is 14.5. The Labute approximate surface area is 119 Å². The lowest BCUT2D eigenvalue weighted by Gasteiger charge is -2.20. The van der Waals surface area contributed by atoms with E-state index >= 15 is 0 Å². The maximum Gasteiger partial charge on any atom is 0.227 e. The lowest BCUT2D eigenvalue weighted by molar-refractivity contribution is -0.123. The Morgan fingerprint density at radius 3 is 2.40 bits per heavy atom. The summed E-state index contributed by atoms with van der Waals surface area (Å²) in [6.45, 7) is 1.82. The maximum absolute atomic E-state index is 12.3. The highest BCUT2D eigenvalue weighted by Crippen LogP contribution is 2.29. The molecular formula is C16H23NO3. The summed E-state index contributed by atoms with van der Waals surface area (Å²) in [6, 6.07) is 4.82. The normalized spacial score (nSPS) is 18.2. The monoisotopic (exact) mass is 277 g/mol. The van der Waals surface area contributed by atoms with Crippen LogP contribution in [0.3, 0.4) is 0 Å². The number of amides is 1. The van der Waals surface area contributed by atoms with Crippen LogP contribution in [0.2, 0.25) is 0 Å². The van der Waals surface area contributed by atoms with Gasteiger partial charge in [0, 0.05) is 6.04 Å². The molecular weight excluding hydrogens is 254 g/mol. The average Bonchev–Trinajstić information content (AvgIpc) is 2.69. The molecule has 110 valence electrons. The van der Waals surface area contributed by atoms with Crippen molar-refractivity contribution in [3.8, 4) is 11.5 Å². The largest absolute Gasteiger partial charge is 0.504 e. The van der Waals surface area contributed by atoms with E-state index in [1.165, 1.54) is 37.8 Å². The summed E-state index contributed by atoms with van der Waals surface area (Å²) >= 11 is 0. The third kappa shape index (κ3) is 3.65. The summed E-state index contributed by atoms with van der Waals surface area (Å²) in [4.78, 5) is 12.3. The molecule has 0 heterocycles. The molecule has 1 atom stereocenters. The van der Waals surface area contributed by atoms with Crippen molar-refractivity contribution in [1.29, 1.82) is 0 Å². The number of hydrogen-bond donors (Lipinski definition) is 3. The van der Waals surface area contributed by atoms with Gasteiger partial charge in [0.05, 0.1) is 5.92 Å². The van der Waals surface area contributed by atoms with Crippen molar-refractivity contribution in [2.45, 2.75) is 57.4 Å². The van der Waals surface area contributed by atoms with Crippen LogP contribution in [0.5, 0.6) is 11.5 Å². The molecule has 4 nitrogen and oxygen atoms in total. The fourth-order valence-corrected chi connectivity index (χ4v) is 2.71. The summed E-state index contributed by atoms with van der Waals surface area (Å²) in [5, 5.41) is 21.9. The van der Waals surface area contributed by atoms with E-state index in [4.69, 9.17) is 0 Å². The van der Waals surface area contributed by atoms with Gasteiger partial charge in [0.25, 0.3) is 0 Å². The van der Waals surface area contributed by atoms with Gasteiger partial charge in [-0.05, 0) is 37.5 Å². The summed E-state index contributed by atoms with van der Waals surface area (Å²) in [5.41, 5.74) is 0.714. The number of aromatic hydroxyl groups is 2. The van der Waals surface area contributed by atoms with Crippen molar-refractivity contribution < 1.29 is 15.0 Å². The van der Waals surface area contributed by atoms with Gasteiger partial charge in [-0.1, -0.05) is 31.7 Å². The number of phenolic OH excluding ortho intramolecular Hbond substituents is 2. The Balaban J connectivity index is 1.98. The molecule has 0 radical (unpaired) electrons. The van der Waals surface area contributed by atoms with Crippen molar-refractivity contribution in [3.63, 3.8) is 0 Å². The quantitative estimate of drug-likeness (QED) is 0.587. The fourth-order valence-electron chi connectivity index (χ4n) is 2.71. The van der Waals surface area contributed by atoms with Crippen LogP contribution in [0.15, 0.2) is 18.2 Å². The SMILES string of the molecule is CC(C(=O)NC1CCCCCC1)c1ccc(O)c(O)c1. The summed E-state index contributed by atoms with van der Waals surface area (Å²) in [7, 11) is 0. The van der Waals surface area contributed by atoms with Gasteiger partial charge < -0.3 is 15.5 Å². The van der Waals surface area contributed by atoms with Crippen molar-refractivity contribution >= 4 is 5.91 Å². The van der Waals surface area contributed by atoms with Gasteiger partial charge >= 0.3 is 0 Å². The molecule has 0 aromatic heterocycles.